The molecule has 0 saturated heterocycles. The van der Waals surface area contributed by atoms with E-state index in [9.17, 15) is 9.59 Å². The molecule has 6 nitrogen and oxygen atoms in total. The lowest BCUT2D eigenvalue weighted by Crippen LogP contribution is -2.15. The topological polar surface area (TPSA) is 94.3 Å². The van der Waals surface area contributed by atoms with E-state index < -0.39 is 5.97 Å². The second kappa shape index (κ2) is 6.82. The number of benzene rings is 1. The number of aromatic nitrogens is 1. The first-order valence-electron chi connectivity index (χ1n) is 6.71. The van der Waals surface area contributed by atoms with E-state index in [1.165, 1.54) is 13.2 Å². The molecule has 0 fully saturated rings. The van der Waals surface area contributed by atoms with Crippen molar-refractivity contribution in [2.45, 2.75) is 13.5 Å². The Morgan fingerprint density at radius 2 is 1.95 bits per heavy atom. The van der Waals surface area contributed by atoms with Crippen molar-refractivity contribution in [3.8, 4) is 0 Å². The van der Waals surface area contributed by atoms with Crippen LogP contribution in [0.1, 0.15) is 32.0 Å². The first kappa shape index (κ1) is 15.7. The summed E-state index contributed by atoms with van der Waals surface area (Å²) < 4.78 is 4.64. The summed E-state index contributed by atoms with van der Waals surface area (Å²) in [5.74, 6) is -0.422. The number of nitrogens with one attached hydrogen (secondary N) is 1. The van der Waals surface area contributed by atoms with E-state index in [2.05, 4.69) is 15.0 Å². The van der Waals surface area contributed by atoms with Crippen molar-refractivity contribution in [1.29, 1.82) is 0 Å². The Bertz CT molecular complexity index is 714. The summed E-state index contributed by atoms with van der Waals surface area (Å²) in [5, 5.41) is 2.70. The van der Waals surface area contributed by atoms with Crippen molar-refractivity contribution in [3.05, 3.63) is 58.8 Å². The number of esters is 1. The number of rotatable bonds is 4. The molecule has 2 rings (SSSR count). The maximum Gasteiger partial charge on any atom is 0.337 e. The first-order valence-corrected chi connectivity index (χ1v) is 6.71. The lowest BCUT2D eigenvalue weighted by Gasteiger charge is -2.08. The van der Waals surface area contributed by atoms with Crippen LogP contribution in [0.25, 0.3) is 0 Å². The predicted octanol–water partition coefficient (Wildman–Crippen LogP) is 1.89. The number of pyridine rings is 1. The van der Waals surface area contributed by atoms with Gasteiger partial charge < -0.3 is 15.8 Å². The number of methoxy groups -OCH3 is 1. The lowest BCUT2D eigenvalue weighted by molar-refractivity contribution is 0.0600. The van der Waals surface area contributed by atoms with Gasteiger partial charge in [-0.1, -0.05) is 6.07 Å². The summed E-state index contributed by atoms with van der Waals surface area (Å²) in [6, 6.07) is 9.86. The molecule has 0 aliphatic heterocycles. The van der Waals surface area contributed by atoms with Crippen molar-refractivity contribution in [2.75, 3.05) is 12.4 Å². The summed E-state index contributed by atoms with van der Waals surface area (Å²) in [7, 11) is 1.29. The van der Waals surface area contributed by atoms with Crippen LogP contribution in [0.15, 0.2) is 36.4 Å². The molecule has 0 saturated carbocycles. The minimum Gasteiger partial charge on any atom is -0.465 e. The zero-order valence-corrected chi connectivity index (χ0v) is 12.4. The fourth-order valence-corrected chi connectivity index (χ4v) is 2.02. The molecule has 6 heteroatoms. The zero-order chi connectivity index (χ0) is 16.1. The van der Waals surface area contributed by atoms with Crippen LogP contribution < -0.4 is 11.1 Å². The fourth-order valence-electron chi connectivity index (χ4n) is 2.02. The second-order valence-corrected chi connectivity index (χ2v) is 4.73. The Kier molecular flexibility index (Phi) is 4.85. The third-order valence-electron chi connectivity index (χ3n) is 3.04. The number of hydrogen-bond acceptors (Lipinski definition) is 5. The summed E-state index contributed by atoms with van der Waals surface area (Å²) >= 11 is 0. The summed E-state index contributed by atoms with van der Waals surface area (Å²) in [6.07, 6.45) is 0. The quantitative estimate of drug-likeness (QED) is 0.841. The first-order chi connectivity index (χ1) is 10.5. The zero-order valence-electron chi connectivity index (χ0n) is 12.4. The minimum atomic E-state index is -0.492. The van der Waals surface area contributed by atoms with Gasteiger partial charge in [-0.2, -0.15) is 0 Å². The van der Waals surface area contributed by atoms with Crippen LogP contribution in [0.5, 0.6) is 0 Å². The number of anilines is 1. The average Bonchev–Trinajstić information content (AvgIpc) is 2.53. The highest BCUT2D eigenvalue weighted by molar-refractivity contribution is 6.05. The summed E-state index contributed by atoms with van der Waals surface area (Å²) in [5.41, 5.74) is 7.91. The molecular formula is C16H17N3O3. The van der Waals surface area contributed by atoms with Crippen LogP contribution in [0, 0.1) is 6.92 Å². The van der Waals surface area contributed by atoms with E-state index in [-0.39, 0.29) is 5.91 Å². The maximum atomic E-state index is 12.3. The molecule has 1 aromatic carbocycles. The van der Waals surface area contributed by atoms with Gasteiger partial charge in [0, 0.05) is 17.8 Å². The van der Waals surface area contributed by atoms with Crippen LogP contribution in [0.3, 0.4) is 0 Å². The molecule has 1 heterocycles. The Hall–Kier alpha value is -2.73. The fraction of sp³-hybridized carbons (Fsp3) is 0.188. The minimum absolute atomic E-state index is 0.315. The van der Waals surface area contributed by atoms with Crippen molar-refractivity contribution < 1.29 is 14.3 Å². The van der Waals surface area contributed by atoms with Crippen LogP contribution >= 0.6 is 0 Å². The van der Waals surface area contributed by atoms with Gasteiger partial charge in [0.15, 0.2) is 0 Å². The number of amides is 1. The molecule has 0 unspecified atom stereocenters. The van der Waals surface area contributed by atoms with Crippen molar-refractivity contribution >= 4 is 17.7 Å². The van der Waals surface area contributed by atoms with Crippen molar-refractivity contribution in [3.63, 3.8) is 0 Å². The molecule has 1 amide bonds. The van der Waals surface area contributed by atoms with Crippen molar-refractivity contribution in [1.82, 2.24) is 4.98 Å². The lowest BCUT2D eigenvalue weighted by atomic mass is 10.1. The third kappa shape index (κ3) is 3.67. The Labute approximate surface area is 128 Å². The Balaban J connectivity index is 2.22. The van der Waals surface area contributed by atoms with Crippen LogP contribution in [-0.4, -0.2) is 24.0 Å². The SMILES string of the molecule is COC(=O)c1cccc(C(=O)Nc2cc(CN)cc(C)n2)c1. The summed E-state index contributed by atoms with van der Waals surface area (Å²) in [4.78, 5) is 28.0. The predicted molar refractivity (Wildman–Crippen MR) is 82.6 cm³/mol. The van der Waals surface area contributed by atoms with Gasteiger partial charge in [-0.25, -0.2) is 9.78 Å². The van der Waals surface area contributed by atoms with E-state index in [0.29, 0.717) is 23.5 Å². The van der Waals surface area contributed by atoms with Crippen LogP contribution in [0.4, 0.5) is 5.82 Å². The van der Waals surface area contributed by atoms with Gasteiger partial charge in [0.1, 0.15) is 5.82 Å². The molecule has 0 spiro atoms. The molecule has 0 aliphatic rings. The number of carbonyl (C=O) groups excluding carboxylic acids is 2. The van der Waals surface area contributed by atoms with Gasteiger partial charge in [0.25, 0.3) is 5.91 Å². The highest BCUT2D eigenvalue weighted by atomic mass is 16.5. The largest absolute Gasteiger partial charge is 0.465 e. The molecule has 0 bridgehead atoms. The van der Waals surface area contributed by atoms with Crippen LogP contribution in [-0.2, 0) is 11.3 Å². The highest BCUT2D eigenvalue weighted by Crippen LogP contribution is 2.13. The molecule has 22 heavy (non-hydrogen) atoms. The van der Waals surface area contributed by atoms with E-state index in [1.807, 2.05) is 13.0 Å². The summed E-state index contributed by atoms with van der Waals surface area (Å²) in [6.45, 7) is 2.19. The van der Waals surface area contributed by atoms with E-state index in [0.717, 1.165) is 11.3 Å². The standard InChI is InChI=1S/C16H17N3O3/c1-10-6-11(9-17)7-14(18-10)19-15(20)12-4-3-5-13(8-12)16(21)22-2/h3-8H,9,17H2,1-2H3,(H,18,19,20). The third-order valence-corrected chi connectivity index (χ3v) is 3.04. The number of ether oxygens (including phenoxy) is 1. The number of nitrogens with zero attached hydrogens (tertiary/aromatic N) is 1. The highest BCUT2D eigenvalue weighted by Gasteiger charge is 2.11. The van der Waals surface area contributed by atoms with Gasteiger partial charge in [-0.05, 0) is 42.8 Å². The Morgan fingerprint density at radius 1 is 1.23 bits per heavy atom. The Morgan fingerprint density at radius 3 is 2.64 bits per heavy atom. The van der Waals surface area contributed by atoms with Gasteiger partial charge in [-0.3, -0.25) is 4.79 Å². The molecule has 0 aliphatic carbocycles. The number of hydrogen-bond donors (Lipinski definition) is 2. The molecule has 0 radical (unpaired) electrons. The molecule has 0 atom stereocenters. The molecule has 2 aromatic rings. The molecular weight excluding hydrogens is 282 g/mol. The number of carbonyl (C=O) groups is 2. The van der Waals surface area contributed by atoms with E-state index in [1.54, 1.807) is 24.3 Å². The smallest absolute Gasteiger partial charge is 0.337 e. The molecule has 3 N–H and O–H groups in total. The van der Waals surface area contributed by atoms with Crippen molar-refractivity contribution in [2.24, 2.45) is 5.73 Å². The van der Waals surface area contributed by atoms with E-state index in [4.69, 9.17) is 5.73 Å². The molecule has 1 aromatic heterocycles. The van der Waals surface area contributed by atoms with Gasteiger partial charge >= 0.3 is 5.97 Å². The second-order valence-electron chi connectivity index (χ2n) is 4.73. The maximum absolute atomic E-state index is 12.3. The normalized spacial score (nSPS) is 10.1. The average molecular weight is 299 g/mol. The van der Waals surface area contributed by atoms with Crippen LogP contribution in [0.2, 0.25) is 0 Å². The number of nitrogens with two attached hydrogens (primary N) is 1. The monoisotopic (exact) mass is 299 g/mol. The van der Waals surface area contributed by atoms with E-state index >= 15 is 0 Å². The molecule has 114 valence electrons. The van der Waals surface area contributed by atoms with Gasteiger partial charge in [0.05, 0.1) is 12.7 Å². The van der Waals surface area contributed by atoms with Gasteiger partial charge in [-0.15, -0.1) is 0 Å². The van der Waals surface area contributed by atoms with Gasteiger partial charge in [0.2, 0.25) is 0 Å². The number of aryl methyl sites for hydroxylation is 1.